The van der Waals surface area contributed by atoms with Gasteiger partial charge in [0.15, 0.2) is 0 Å². The van der Waals surface area contributed by atoms with E-state index in [2.05, 4.69) is 19.9 Å². The highest BCUT2D eigenvalue weighted by Gasteiger charge is 2.06. The largest absolute Gasteiger partial charge is 0.345 e. The third kappa shape index (κ3) is 1.01. The summed E-state index contributed by atoms with van der Waals surface area (Å²) in [5.74, 6) is 0. The van der Waals surface area contributed by atoms with E-state index in [0.29, 0.717) is 16.4 Å². The van der Waals surface area contributed by atoms with Gasteiger partial charge in [-0.05, 0) is 12.1 Å². The highest BCUT2D eigenvalue weighted by molar-refractivity contribution is 6.01. The lowest BCUT2D eigenvalue weighted by Crippen LogP contribution is -2.21. The molecule has 2 heterocycles. The van der Waals surface area contributed by atoms with Crippen LogP contribution in [-0.2, 0) is 0 Å². The van der Waals surface area contributed by atoms with E-state index < -0.39 is 11.2 Å². The average molecular weight is 202 g/mol. The Labute approximate surface area is 82.0 Å². The van der Waals surface area contributed by atoms with Gasteiger partial charge in [-0.15, -0.1) is 0 Å². The van der Waals surface area contributed by atoms with Gasteiger partial charge in [0, 0.05) is 0 Å². The van der Waals surface area contributed by atoms with Crippen molar-refractivity contribution in [3.8, 4) is 0 Å². The predicted octanol–water partition coefficient (Wildman–Crippen LogP) is 0.0927. The molecule has 6 nitrogen and oxygen atoms in total. The van der Waals surface area contributed by atoms with Crippen LogP contribution in [0.25, 0.3) is 21.9 Å². The topological polar surface area (TPSA) is 94.4 Å². The second-order valence-electron chi connectivity index (χ2n) is 3.20. The van der Waals surface area contributed by atoms with Crippen LogP contribution >= 0.6 is 0 Å². The van der Waals surface area contributed by atoms with Crippen molar-refractivity contribution in [1.82, 2.24) is 19.9 Å². The second-order valence-corrected chi connectivity index (χ2v) is 3.20. The van der Waals surface area contributed by atoms with Crippen LogP contribution < -0.4 is 11.2 Å². The molecule has 0 bridgehead atoms. The fourth-order valence-corrected chi connectivity index (χ4v) is 1.66. The molecule has 0 fully saturated rings. The molecule has 3 N–H and O–H groups in total. The second kappa shape index (κ2) is 2.57. The molecule has 15 heavy (non-hydrogen) atoms. The van der Waals surface area contributed by atoms with Crippen molar-refractivity contribution in [1.29, 1.82) is 0 Å². The molecule has 3 aromatic rings. The smallest absolute Gasteiger partial charge is 0.326 e. The Balaban J connectivity index is 2.74. The molecule has 0 amide bonds. The first-order valence-electron chi connectivity index (χ1n) is 4.34. The monoisotopic (exact) mass is 202 g/mol. The number of hydrogen-bond donors (Lipinski definition) is 3. The molecule has 3 rings (SSSR count). The average Bonchev–Trinajstić information content (AvgIpc) is 2.63. The molecule has 74 valence electrons. The molecule has 0 saturated heterocycles. The quantitative estimate of drug-likeness (QED) is 0.482. The SMILES string of the molecule is O=c1[nH]c(=O)c2c(ccc3[nH]cnc32)[nH]1. The first-order chi connectivity index (χ1) is 7.25. The van der Waals surface area contributed by atoms with Gasteiger partial charge in [0.1, 0.15) is 5.52 Å². The van der Waals surface area contributed by atoms with Crippen molar-refractivity contribution in [2.24, 2.45) is 0 Å². The van der Waals surface area contributed by atoms with Gasteiger partial charge in [-0.2, -0.15) is 0 Å². The summed E-state index contributed by atoms with van der Waals surface area (Å²) in [6.45, 7) is 0. The Hall–Kier alpha value is -2.37. The first-order valence-corrected chi connectivity index (χ1v) is 4.34. The van der Waals surface area contributed by atoms with Crippen LogP contribution in [0.3, 0.4) is 0 Å². The van der Waals surface area contributed by atoms with E-state index in [1.165, 1.54) is 6.33 Å². The number of aromatic amines is 3. The number of rotatable bonds is 0. The minimum absolute atomic E-state index is 0.397. The van der Waals surface area contributed by atoms with Crippen LogP contribution in [0, 0.1) is 0 Å². The van der Waals surface area contributed by atoms with E-state index in [1.54, 1.807) is 12.1 Å². The van der Waals surface area contributed by atoms with Crippen LogP contribution in [0.5, 0.6) is 0 Å². The number of fused-ring (bicyclic) bond motifs is 3. The number of benzene rings is 1. The van der Waals surface area contributed by atoms with Gasteiger partial charge in [-0.1, -0.05) is 0 Å². The third-order valence-corrected chi connectivity index (χ3v) is 2.29. The summed E-state index contributed by atoms with van der Waals surface area (Å²) in [6.07, 6.45) is 1.51. The Morgan fingerprint density at radius 1 is 1.07 bits per heavy atom. The lowest BCUT2D eigenvalue weighted by molar-refractivity contribution is 1.08. The Morgan fingerprint density at radius 3 is 2.73 bits per heavy atom. The van der Waals surface area contributed by atoms with Crippen molar-refractivity contribution < 1.29 is 0 Å². The number of H-pyrrole nitrogens is 3. The zero-order valence-electron chi connectivity index (χ0n) is 7.50. The summed E-state index contributed by atoms with van der Waals surface area (Å²) in [5, 5.41) is 0.397. The Morgan fingerprint density at radius 2 is 1.87 bits per heavy atom. The zero-order valence-corrected chi connectivity index (χ0v) is 7.50. The van der Waals surface area contributed by atoms with Gasteiger partial charge >= 0.3 is 5.69 Å². The highest BCUT2D eigenvalue weighted by atomic mass is 16.2. The van der Waals surface area contributed by atoms with Crippen LogP contribution in [0.1, 0.15) is 0 Å². The summed E-state index contributed by atoms with van der Waals surface area (Å²) in [7, 11) is 0. The van der Waals surface area contributed by atoms with E-state index in [1.807, 2.05) is 0 Å². The van der Waals surface area contributed by atoms with Crippen LogP contribution in [0.15, 0.2) is 28.0 Å². The van der Waals surface area contributed by atoms with E-state index in [4.69, 9.17) is 0 Å². The lowest BCUT2D eigenvalue weighted by Gasteiger charge is -1.96. The van der Waals surface area contributed by atoms with E-state index in [9.17, 15) is 9.59 Å². The molecule has 1 aromatic carbocycles. The maximum atomic E-state index is 11.6. The van der Waals surface area contributed by atoms with E-state index >= 15 is 0 Å². The molecular formula is C9H6N4O2. The molecule has 2 aromatic heterocycles. The minimum Gasteiger partial charge on any atom is -0.345 e. The standard InChI is InChI=1S/C9H6N4O2/c14-8-6-4(12-9(15)13-8)1-2-5-7(6)11-3-10-5/h1-3H,(H,10,11)(H2,12,13,14,15). The van der Waals surface area contributed by atoms with Crippen molar-refractivity contribution in [2.45, 2.75) is 0 Å². The van der Waals surface area contributed by atoms with Crippen molar-refractivity contribution in [2.75, 3.05) is 0 Å². The van der Waals surface area contributed by atoms with Gasteiger partial charge < -0.3 is 9.97 Å². The van der Waals surface area contributed by atoms with Gasteiger partial charge in [-0.25, -0.2) is 9.78 Å². The van der Waals surface area contributed by atoms with Crippen LogP contribution in [0.2, 0.25) is 0 Å². The predicted molar refractivity (Wildman–Crippen MR) is 54.8 cm³/mol. The number of imidazole rings is 1. The molecule has 0 aliphatic carbocycles. The maximum Gasteiger partial charge on any atom is 0.326 e. The summed E-state index contributed by atoms with van der Waals surface area (Å²) in [4.78, 5) is 34.3. The zero-order chi connectivity index (χ0) is 10.4. The number of aromatic nitrogens is 4. The van der Waals surface area contributed by atoms with Gasteiger partial charge in [-0.3, -0.25) is 9.78 Å². The minimum atomic E-state index is -0.512. The first kappa shape index (κ1) is 7.98. The van der Waals surface area contributed by atoms with E-state index in [0.717, 1.165) is 5.52 Å². The number of nitrogens with one attached hydrogen (secondary N) is 3. The normalized spacial score (nSPS) is 11.2. The van der Waals surface area contributed by atoms with Crippen molar-refractivity contribution in [3.05, 3.63) is 39.3 Å². The molecule has 0 radical (unpaired) electrons. The molecule has 0 spiro atoms. The molecular weight excluding hydrogens is 196 g/mol. The highest BCUT2D eigenvalue weighted by Crippen LogP contribution is 2.16. The lowest BCUT2D eigenvalue weighted by atomic mass is 10.2. The Bertz CT molecular complexity index is 765. The summed E-state index contributed by atoms with van der Waals surface area (Å²) < 4.78 is 0. The maximum absolute atomic E-state index is 11.6. The molecule has 0 atom stereocenters. The van der Waals surface area contributed by atoms with Gasteiger partial charge in [0.05, 0.1) is 22.7 Å². The number of nitrogens with zero attached hydrogens (tertiary/aromatic N) is 1. The molecule has 0 aliphatic rings. The van der Waals surface area contributed by atoms with Crippen molar-refractivity contribution in [3.63, 3.8) is 0 Å². The summed E-state index contributed by atoms with van der Waals surface area (Å²) in [5.41, 5.74) is 0.877. The van der Waals surface area contributed by atoms with Crippen molar-refractivity contribution >= 4 is 21.9 Å². The number of hydrogen-bond acceptors (Lipinski definition) is 3. The third-order valence-electron chi connectivity index (χ3n) is 2.29. The summed E-state index contributed by atoms with van der Waals surface area (Å²) >= 11 is 0. The van der Waals surface area contributed by atoms with Crippen LogP contribution in [0.4, 0.5) is 0 Å². The Kier molecular flexibility index (Phi) is 1.37. The fraction of sp³-hybridized carbons (Fsp3) is 0. The van der Waals surface area contributed by atoms with Crippen LogP contribution in [-0.4, -0.2) is 19.9 Å². The fourth-order valence-electron chi connectivity index (χ4n) is 1.66. The molecule has 0 aliphatic heterocycles. The molecule has 0 saturated carbocycles. The van der Waals surface area contributed by atoms with Gasteiger partial charge in [0.2, 0.25) is 0 Å². The molecule has 0 unspecified atom stereocenters. The van der Waals surface area contributed by atoms with Gasteiger partial charge in [0.25, 0.3) is 5.56 Å². The van der Waals surface area contributed by atoms with E-state index in [-0.39, 0.29) is 0 Å². The summed E-state index contributed by atoms with van der Waals surface area (Å²) in [6, 6.07) is 3.44. The molecule has 6 heteroatoms.